The fourth-order valence-corrected chi connectivity index (χ4v) is 1.49. The van der Waals surface area contributed by atoms with Gasteiger partial charge in [-0.3, -0.25) is 0 Å². The molecule has 0 bridgehead atoms. The van der Waals surface area contributed by atoms with Gasteiger partial charge < -0.3 is 9.47 Å². The van der Waals surface area contributed by atoms with Gasteiger partial charge in [0, 0.05) is 12.5 Å². The highest BCUT2D eigenvalue weighted by Crippen LogP contribution is 2.22. The Morgan fingerprint density at radius 2 is 2.36 bits per heavy atom. The number of halogens is 1. The first-order valence-electron chi connectivity index (χ1n) is 4.76. The van der Waals surface area contributed by atoms with Crippen molar-refractivity contribution in [3.8, 4) is 5.75 Å². The summed E-state index contributed by atoms with van der Waals surface area (Å²) in [5, 5.41) is 0. The molecule has 0 amide bonds. The largest absolute Gasteiger partial charge is 0.488 e. The van der Waals surface area contributed by atoms with Gasteiger partial charge in [-0.15, -0.1) is 0 Å². The number of ether oxygens (including phenoxy) is 2. The van der Waals surface area contributed by atoms with Crippen LogP contribution in [0.15, 0.2) is 18.2 Å². The van der Waals surface area contributed by atoms with Crippen LogP contribution in [0.25, 0.3) is 0 Å². The van der Waals surface area contributed by atoms with Gasteiger partial charge in [-0.2, -0.15) is 0 Å². The third-order valence-corrected chi connectivity index (χ3v) is 2.33. The Hall–Kier alpha value is -1.09. The van der Waals surface area contributed by atoms with Crippen molar-refractivity contribution in [1.82, 2.24) is 0 Å². The number of hydrogen-bond donors (Lipinski definition) is 0. The van der Waals surface area contributed by atoms with Crippen LogP contribution in [-0.2, 0) is 4.74 Å². The van der Waals surface area contributed by atoms with Gasteiger partial charge in [-0.25, -0.2) is 4.39 Å². The molecule has 0 saturated carbocycles. The van der Waals surface area contributed by atoms with Crippen molar-refractivity contribution in [2.45, 2.75) is 19.4 Å². The average molecular weight is 196 g/mol. The highest BCUT2D eigenvalue weighted by Gasteiger charge is 2.17. The first-order chi connectivity index (χ1) is 6.75. The fourth-order valence-electron chi connectivity index (χ4n) is 1.49. The fraction of sp³-hybridized carbons (Fsp3) is 0.455. The molecule has 1 heterocycles. The Balaban J connectivity index is 2.10. The van der Waals surface area contributed by atoms with E-state index in [0.717, 1.165) is 18.6 Å². The minimum absolute atomic E-state index is 0.0792. The van der Waals surface area contributed by atoms with E-state index in [2.05, 4.69) is 0 Å². The minimum Gasteiger partial charge on any atom is -0.488 e. The molecule has 1 fully saturated rings. The van der Waals surface area contributed by atoms with Crippen LogP contribution >= 0.6 is 0 Å². The van der Waals surface area contributed by atoms with Gasteiger partial charge in [0.25, 0.3) is 0 Å². The molecular weight excluding hydrogens is 183 g/mol. The van der Waals surface area contributed by atoms with E-state index >= 15 is 0 Å². The molecular formula is C11H13FO2. The topological polar surface area (TPSA) is 18.5 Å². The molecule has 1 aromatic rings. The summed E-state index contributed by atoms with van der Waals surface area (Å²) in [6.07, 6.45) is 0.964. The Labute approximate surface area is 82.6 Å². The Morgan fingerprint density at radius 3 is 3.07 bits per heavy atom. The molecule has 0 spiro atoms. The highest BCUT2D eigenvalue weighted by molar-refractivity contribution is 5.32. The van der Waals surface area contributed by atoms with Crippen LogP contribution in [-0.4, -0.2) is 19.3 Å². The monoisotopic (exact) mass is 196 g/mol. The van der Waals surface area contributed by atoms with E-state index < -0.39 is 0 Å². The van der Waals surface area contributed by atoms with Crippen LogP contribution in [0.2, 0.25) is 0 Å². The number of rotatable bonds is 2. The van der Waals surface area contributed by atoms with E-state index in [0.29, 0.717) is 12.4 Å². The van der Waals surface area contributed by atoms with Crippen LogP contribution in [0.4, 0.5) is 4.39 Å². The minimum atomic E-state index is -0.260. The smallest absolute Gasteiger partial charge is 0.126 e. The molecule has 0 N–H and O–H groups in total. The highest BCUT2D eigenvalue weighted by atomic mass is 19.1. The Kier molecular flexibility index (Phi) is 2.68. The van der Waals surface area contributed by atoms with Gasteiger partial charge in [0.05, 0.1) is 13.2 Å². The lowest BCUT2D eigenvalue weighted by molar-refractivity contribution is 0.140. The van der Waals surface area contributed by atoms with Crippen molar-refractivity contribution in [2.24, 2.45) is 0 Å². The maximum atomic E-state index is 12.9. The molecule has 2 rings (SSSR count). The van der Waals surface area contributed by atoms with Crippen molar-refractivity contribution >= 4 is 0 Å². The summed E-state index contributed by atoms with van der Waals surface area (Å²) in [5.41, 5.74) is 0.957. The molecule has 1 aliphatic rings. The van der Waals surface area contributed by atoms with Gasteiger partial charge in [0.1, 0.15) is 17.7 Å². The first-order valence-corrected chi connectivity index (χ1v) is 4.76. The zero-order valence-corrected chi connectivity index (χ0v) is 8.13. The molecule has 0 radical (unpaired) electrons. The van der Waals surface area contributed by atoms with E-state index in [1.165, 1.54) is 12.1 Å². The summed E-state index contributed by atoms with van der Waals surface area (Å²) < 4.78 is 23.7. The lowest BCUT2D eigenvalue weighted by Crippen LogP contribution is -2.16. The van der Waals surface area contributed by atoms with Crippen LogP contribution in [0, 0.1) is 12.7 Å². The summed E-state index contributed by atoms with van der Waals surface area (Å²) in [6.45, 7) is 3.25. The van der Waals surface area contributed by atoms with Crippen molar-refractivity contribution in [1.29, 1.82) is 0 Å². The molecule has 0 aliphatic carbocycles. The molecule has 1 saturated heterocycles. The summed E-state index contributed by atoms with van der Waals surface area (Å²) in [5.74, 6) is 0.366. The molecule has 1 atom stereocenters. The van der Waals surface area contributed by atoms with Gasteiger partial charge >= 0.3 is 0 Å². The molecule has 3 heteroatoms. The summed E-state index contributed by atoms with van der Waals surface area (Å²) >= 11 is 0. The lowest BCUT2D eigenvalue weighted by Gasteiger charge is -2.13. The molecule has 1 aromatic carbocycles. The third-order valence-electron chi connectivity index (χ3n) is 2.33. The first kappa shape index (κ1) is 9.46. The van der Waals surface area contributed by atoms with E-state index in [4.69, 9.17) is 9.47 Å². The van der Waals surface area contributed by atoms with Gasteiger partial charge in [-0.05, 0) is 18.6 Å². The maximum absolute atomic E-state index is 12.9. The molecule has 2 nitrogen and oxygen atoms in total. The summed E-state index contributed by atoms with van der Waals surface area (Å²) in [7, 11) is 0. The van der Waals surface area contributed by atoms with Gasteiger partial charge in [0.15, 0.2) is 0 Å². The zero-order chi connectivity index (χ0) is 9.97. The second-order valence-electron chi connectivity index (χ2n) is 3.51. The average Bonchev–Trinajstić information content (AvgIpc) is 2.64. The molecule has 0 unspecified atom stereocenters. The van der Waals surface area contributed by atoms with Gasteiger partial charge in [0.2, 0.25) is 0 Å². The quantitative estimate of drug-likeness (QED) is 0.722. The van der Waals surface area contributed by atoms with Gasteiger partial charge in [-0.1, -0.05) is 6.07 Å². The lowest BCUT2D eigenvalue weighted by atomic mass is 10.2. The normalized spacial score (nSPS) is 21.1. The van der Waals surface area contributed by atoms with E-state index in [9.17, 15) is 4.39 Å². The molecule has 1 aliphatic heterocycles. The number of hydrogen-bond acceptors (Lipinski definition) is 2. The van der Waals surface area contributed by atoms with Crippen LogP contribution < -0.4 is 4.74 Å². The molecule has 76 valence electrons. The Morgan fingerprint density at radius 1 is 1.50 bits per heavy atom. The number of benzene rings is 1. The van der Waals surface area contributed by atoms with Crippen molar-refractivity contribution in [2.75, 3.05) is 13.2 Å². The molecule has 0 aromatic heterocycles. The summed E-state index contributed by atoms with van der Waals surface area (Å²) in [6, 6.07) is 4.58. The zero-order valence-electron chi connectivity index (χ0n) is 8.13. The van der Waals surface area contributed by atoms with Crippen molar-refractivity contribution < 1.29 is 13.9 Å². The second-order valence-corrected chi connectivity index (χ2v) is 3.51. The van der Waals surface area contributed by atoms with Crippen LogP contribution in [0.1, 0.15) is 12.0 Å². The van der Waals surface area contributed by atoms with E-state index in [1.54, 1.807) is 6.07 Å². The van der Waals surface area contributed by atoms with E-state index in [1.807, 2.05) is 6.92 Å². The standard InChI is InChI=1S/C11H13FO2/c1-8-2-3-9(12)6-11(8)14-10-4-5-13-7-10/h2-3,6,10H,4-5,7H2,1H3/t10-/m0/s1. The maximum Gasteiger partial charge on any atom is 0.126 e. The SMILES string of the molecule is Cc1ccc(F)cc1O[C@H]1CCOC1. The van der Waals surface area contributed by atoms with Crippen molar-refractivity contribution in [3.63, 3.8) is 0 Å². The van der Waals surface area contributed by atoms with E-state index in [-0.39, 0.29) is 11.9 Å². The predicted octanol–water partition coefficient (Wildman–Crippen LogP) is 2.30. The summed E-state index contributed by atoms with van der Waals surface area (Å²) in [4.78, 5) is 0. The third kappa shape index (κ3) is 2.04. The predicted molar refractivity (Wildman–Crippen MR) is 51.0 cm³/mol. The second kappa shape index (κ2) is 3.96. The van der Waals surface area contributed by atoms with Crippen molar-refractivity contribution in [3.05, 3.63) is 29.6 Å². The Bertz CT molecular complexity index is 319. The molecule has 14 heavy (non-hydrogen) atoms. The number of aryl methyl sites for hydroxylation is 1. The van der Waals surface area contributed by atoms with Crippen LogP contribution in [0.5, 0.6) is 5.75 Å². The van der Waals surface area contributed by atoms with Crippen LogP contribution in [0.3, 0.4) is 0 Å².